The van der Waals surface area contributed by atoms with Crippen LogP contribution in [0.15, 0.2) is 9.90 Å². The summed E-state index contributed by atoms with van der Waals surface area (Å²) >= 11 is 1.45. The van der Waals surface area contributed by atoms with Gasteiger partial charge in [-0.15, -0.1) is 11.3 Å². The predicted octanol–water partition coefficient (Wildman–Crippen LogP) is 1.40. The van der Waals surface area contributed by atoms with Gasteiger partial charge in [-0.05, 0) is 12.8 Å². The number of hydrogen-bond donors (Lipinski definition) is 1. The molecule has 0 radical (unpaired) electrons. The molecule has 128 valence electrons. The Labute approximate surface area is 143 Å². The first-order chi connectivity index (χ1) is 11.7. The Morgan fingerprint density at radius 2 is 2.12 bits per heavy atom. The molecule has 1 aliphatic heterocycles. The molecule has 1 saturated carbocycles. The Bertz CT molecular complexity index is 717. The highest BCUT2D eigenvalue weighted by atomic mass is 32.1. The van der Waals surface area contributed by atoms with Gasteiger partial charge < -0.3 is 14.7 Å². The minimum atomic E-state index is 0.00276. The molecule has 1 saturated heterocycles. The minimum absolute atomic E-state index is 0.00276. The zero-order chi connectivity index (χ0) is 16.5. The lowest BCUT2D eigenvalue weighted by atomic mass is 10.3. The van der Waals surface area contributed by atoms with Crippen molar-refractivity contribution in [3.05, 3.63) is 22.8 Å². The molecule has 0 bridgehead atoms. The number of carbonyl (C=O) groups excluding carboxylic acids is 1. The van der Waals surface area contributed by atoms with Crippen molar-refractivity contribution in [2.24, 2.45) is 0 Å². The molecular weight excluding hydrogens is 328 g/mol. The van der Waals surface area contributed by atoms with E-state index < -0.39 is 0 Å². The number of nitrogens with zero attached hydrogens (tertiary/aromatic N) is 5. The van der Waals surface area contributed by atoms with Gasteiger partial charge in [-0.25, -0.2) is 4.98 Å². The van der Waals surface area contributed by atoms with Gasteiger partial charge >= 0.3 is 0 Å². The van der Waals surface area contributed by atoms with Crippen LogP contribution in [-0.4, -0.2) is 64.1 Å². The van der Waals surface area contributed by atoms with E-state index in [9.17, 15) is 4.79 Å². The Balaban J connectivity index is 1.30. The van der Waals surface area contributed by atoms with E-state index in [1.165, 1.54) is 11.3 Å². The SMILES string of the molecule is CNc1nc(C(=O)N2CCN(Cc3noc(C4CC4)n3)CC2)cs1. The highest BCUT2D eigenvalue weighted by Crippen LogP contribution is 2.38. The molecule has 3 heterocycles. The van der Waals surface area contributed by atoms with Crippen molar-refractivity contribution in [2.75, 3.05) is 38.5 Å². The van der Waals surface area contributed by atoms with E-state index in [2.05, 4.69) is 25.3 Å². The van der Waals surface area contributed by atoms with Gasteiger partial charge in [0.05, 0.1) is 6.54 Å². The van der Waals surface area contributed by atoms with Gasteiger partial charge in [0.2, 0.25) is 5.89 Å². The summed E-state index contributed by atoms with van der Waals surface area (Å²) in [6.45, 7) is 3.68. The van der Waals surface area contributed by atoms with E-state index >= 15 is 0 Å². The zero-order valence-electron chi connectivity index (χ0n) is 13.6. The Morgan fingerprint density at radius 3 is 2.79 bits per heavy atom. The van der Waals surface area contributed by atoms with Crippen molar-refractivity contribution in [1.82, 2.24) is 24.9 Å². The number of piperazine rings is 1. The van der Waals surface area contributed by atoms with Crippen LogP contribution in [0.25, 0.3) is 0 Å². The molecule has 24 heavy (non-hydrogen) atoms. The highest BCUT2D eigenvalue weighted by Gasteiger charge is 2.30. The lowest BCUT2D eigenvalue weighted by Gasteiger charge is -2.33. The molecule has 0 unspecified atom stereocenters. The normalized spacial score (nSPS) is 18.8. The highest BCUT2D eigenvalue weighted by molar-refractivity contribution is 7.13. The monoisotopic (exact) mass is 348 g/mol. The number of aromatic nitrogens is 3. The molecule has 9 heteroatoms. The van der Waals surface area contributed by atoms with Gasteiger partial charge in [-0.1, -0.05) is 5.16 Å². The van der Waals surface area contributed by atoms with Crippen LogP contribution in [-0.2, 0) is 6.54 Å². The van der Waals surface area contributed by atoms with Gasteiger partial charge in [0.25, 0.3) is 5.91 Å². The molecule has 1 aliphatic carbocycles. The number of carbonyl (C=O) groups is 1. The summed E-state index contributed by atoms with van der Waals surface area (Å²) in [5.74, 6) is 2.02. The third kappa shape index (κ3) is 3.27. The molecule has 0 spiro atoms. The van der Waals surface area contributed by atoms with Gasteiger partial charge in [0, 0.05) is 44.5 Å². The van der Waals surface area contributed by atoms with E-state index in [0.717, 1.165) is 42.8 Å². The van der Waals surface area contributed by atoms with Crippen LogP contribution in [0.4, 0.5) is 5.13 Å². The van der Waals surface area contributed by atoms with Crippen molar-refractivity contribution in [1.29, 1.82) is 0 Å². The lowest BCUT2D eigenvalue weighted by molar-refractivity contribution is 0.0619. The quantitative estimate of drug-likeness (QED) is 0.874. The second-order valence-electron chi connectivity index (χ2n) is 6.18. The smallest absolute Gasteiger partial charge is 0.273 e. The first-order valence-corrected chi connectivity index (χ1v) is 9.08. The standard InChI is InChI=1S/C15H20N6O2S/c1-16-15-17-11(9-24-15)14(22)21-6-4-20(5-7-21)8-12-18-13(23-19-12)10-2-3-10/h9-10H,2-8H2,1H3,(H,16,17). The summed E-state index contributed by atoms with van der Waals surface area (Å²) in [4.78, 5) is 25.3. The third-order valence-corrected chi connectivity index (χ3v) is 5.23. The average molecular weight is 348 g/mol. The van der Waals surface area contributed by atoms with Crippen molar-refractivity contribution in [2.45, 2.75) is 25.3 Å². The molecule has 0 atom stereocenters. The second-order valence-corrected chi connectivity index (χ2v) is 7.04. The fourth-order valence-electron chi connectivity index (χ4n) is 2.79. The van der Waals surface area contributed by atoms with Crippen molar-refractivity contribution in [3.8, 4) is 0 Å². The summed E-state index contributed by atoms with van der Waals surface area (Å²) < 4.78 is 5.29. The number of anilines is 1. The molecular formula is C15H20N6O2S. The molecule has 2 aliphatic rings. The number of rotatable bonds is 5. The van der Waals surface area contributed by atoms with Crippen molar-refractivity contribution in [3.63, 3.8) is 0 Å². The van der Waals surface area contributed by atoms with E-state index in [-0.39, 0.29) is 5.91 Å². The van der Waals surface area contributed by atoms with E-state index in [1.54, 1.807) is 12.4 Å². The van der Waals surface area contributed by atoms with E-state index in [0.29, 0.717) is 31.2 Å². The van der Waals surface area contributed by atoms with Crippen LogP contribution in [0.1, 0.15) is 41.0 Å². The van der Waals surface area contributed by atoms with Crippen LogP contribution in [0.3, 0.4) is 0 Å². The van der Waals surface area contributed by atoms with Gasteiger partial charge in [-0.2, -0.15) is 4.98 Å². The maximum atomic E-state index is 12.5. The largest absolute Gasteiger partial charge is 0.365 e. The topological polar surface area (TPSA) is 87.4 Å². The molecule has 2 aromatic rings. The second kappa shape index (κ2) is 6.48. The van der Waals surface area contributed by atoms with Crippen molar-refractivity contribution >= 4 is 22.4 Å². The average Bonchev–Trinajstić information content (AvgIpc) is 3.17. The molecule has 2 fully saturated rings. The fraction of sp³-hybridized carbons (Fsp3) is 0.600. The van der Waals surface area contributed by atoms with Crippen LogP contribution in [0, 0.1) is 0 Å². The molecule has 1 N–H and O–H groups in total. The van der Waals surface area contributed by atoms with Gasteiger partial charge in [0.1, 0.15) is 5.69 Å². The third-order valence-electron chi connectivity index (χ3n) is 4.37. The van der Waals surface area contributed by atoms with E-state index in [4.69, 9.17) is 4.52 Å². The molecule has 0 aromatic carbocycles. The summed E-state index contributed by atoms with van der Waals surface area (Å²) in [6.07, 6.45) is 2.32. The first kappa shape index (κ1) is 15.5. The summed E-state index contributed by atoms with van der Waals surface area (Å²) in [7, 11) is 1.80. The van der Waals surface area contributed by atoms with Gasteiger partial charge in [0.15, 0.2) is 11.0 Å². The number of thiazole rings is 1. The summed E-state index contributed by atoms with van der Waals surface area (Å²) in [6, 6.07) is 0. The molecule has 8 nitrogen and oxygen atoms in total. The fourth-order valence-corrected chi connectivity index (χ4v) is 3.43. The molecule has 4 rings (SSSR count). The van der Waals surface area contributed by atoms with Crippen LogP contribution < -0.4 is 5.32 Å². The van der Waals surface area contributed by atoms with Crippen LogP contribution >= 0.6 is 11.3 Å². The van der Waals surface area contributed by atoms with Crippen LogP contribution in [0.5, 0.6) is 0 Å². The number of amides is 1. The van der Waals surface area contributed by atoms with Gasteiger partial charge in [-0.3, -0.25) is 9.69 Å². The maximum Gasteiger partial charge on any atom is 0.273 e. The minimum Gasteiger partial charge on any atom is -0.365 e. The Morgan fingerprint density at radius 1 is 1.33 bits per heavy atom. The maximum absolute atomic E-state index is 12.5. The Kier molecular flexibility index (Phi) is 4.19. The Hall–Kier alpha value is -2.00. The predicted molar refractivity (Wildman–Crippen MR) is 89.1 cm³/mol. The van der Waals surface area contributed by atoms with Crippen molar-refractivity contribution < 1.29 is 9.32 Å². The summed E-state index contributed by atoms with van der Waals surface area (Å²) in [5, 5.41) is 9.59. The number of hydrogen-bond acceptors (Lipinski definition) is 8. The molecule has 2 aromatic heterocycles. The number of nitrogens with one attached hydrogen (secondary N) is 1. The van der Waals surface area contributed by atoms with Crippen LogP contribution in [0.2, 0.25) is 0 Å². The summed E-state index contributed by atoms with van der Waals surface area (Å²) in [5.41, 5.74) is 0.519. The molecule has 1 amide bonds. The zero-order valence-corrected chi connectivity index (χ0v) is 14.4. The van der Waals surface area contributed by atoms with E-state index in [1.807, 2.05) is 4.90 Å². The first-order valence-electron chi connectivity index (χ1n) is 8.20. The lowest BCUT2D eigenvalue weighted by Crippen LogP contribution is -2.48.